The highest BCUT2D eigenvalue weighted by molar-refractivity contribution is 8.18. The zero-order valence-corrected chi connectivity index (χ0v) is 22.2. The second-order valence-electron chi connectivity index (χ2n) is 8.41. The number of amides is 2. The molecule has 0 saturated carbocycles. The fourth-order valence-electron chi connectivity index (χ4n) is 3.74. The maximum Gasteiger partial charge on any atom is 0.318 e. The highest BCUT2D eigenvalue weighted by Crippen LogP contribution is 2.39. The quantitative estimate of drug-likeness (QED) is 0.151. The number of ether oxygens (including phenoxy) is 3. The first kappa shape index (κ1) is 28.1. The molecule has 0 aliphatic carbocycles. The smallest absolute Gasteiger partial charge is 0.318 e. The third-order valence-electron chi connectivity index (χ3n) is 5.58. The zero-order chi connectivity index (χ0) is 28.8. The molecule has 3 aromatic carbocycles. The van der Waals surface area contributed by atoms with Crippen molar-refractivity contribution in [3.63, 3.8) is 0 Å². The molecule has 0 unspecified atom stereocenters. The molecule has 0 aromatic heterocycles. The molecule has 1 saturated heterocycles. The van der Waals surface area contributed by atoms with Gasteiger partial charge in [-0.2, -0.15) is 0 Å². The maximum absolute atomic E-state index is 12.9. The SMILES string of the molecule is CCOc1cc(/C=C2\SC(=O)N(CCOc3cccc(C)c3)C2=O)ccc1Oc1ccc([N+](=O)[O-])cc1[N+](=O)[O-]. The summed E-state index contributed by atoms with van der Waals surface area (Å²) in [7, 11) is 0. The van der Waals surface area contributed by atoms with Gasteiger partial charge >= 0.3 is 5.69 Å². The van der Waals surface area contributed by atoms with Gasteiger partial charge in [-0.05, 0) is 73.1 Å². The molecule has 0 bridgehead atoms. The van der Waals surface area contributed by atoms with Crippen LogP contribution < -0.4 is 14.2 Å². The van der Waals surface area contributed by atoms with Crippen molar-refractivity contribution in [3.8, 4) is 23.0 Å². The Balaban J connectivity index is 1.51. The first-order valence-corrected chi connectivity index (χ1v) is 12.8. The summed E-state index contributed by atoms with van der Waals surface area (Å²) in [5, 5.41) is 22.1. The molecule has 0 spiro atoms. The van der Waals surface area contributed by atoms with Crippen LogP contribution in [0.4, 0.5) is 16.2 Å². The summed E-state index contributed by atoms with van der Waals surface area (Å²) in [5.74, 6) is 0.320. The van der Waals surface area contributed by atoms with E-state index in [0.29, 0.717) is 11.3 Å². The van der Waals surface area contributed by atoms with E-state index >= 15 is 0 Å². The molecule has 0 atom stereocenters. The molecule has 2 amide bonds. The van der Waals surface area contributed by atoms with Gasteiger partial charge in [-0.1, -0.05) is 18.2 Å². The van der Waals surface area contributed by atoms with E-state index in [0.717, 1.165) is 40.4 Å². The molecule has 13 heteroatoms. The number of carbonyl (C=O) groups is 2. The zero-order valence-electron chi connectivity index (χ0n) is 21.4. The molecule has 12 nitrogen and oxygen atoms in total. The van der Waals surface area contributed by atoms with Gasteiger partial charge in [-0.25, -0.2) is 0 Å². The normalized spacial score (nSPS) is 13.9. The number of hydrogen-bond donors (Lipinski definition) is 0. The number of imide groups is 1. The van der Waals surface area contributed by atoms with Crippen molar-refractivity contribution < 1.29 is 33.6 Å². The Morgan fingerprint density at radius 3 is 2.40 bits per heavy atom. The number of benzene rings is 3. The van der Waals surface area contributed by atoms with Gasteiger partial charge in [0.25, 0.3) is 16.8 Å². The van der Waals surface area contributed by atoms with Crippen molar-refractivity contribution in [1.29, 1.82) is 0 Å². The van der Waals surface area contributed by atoms with Crippen molar-refractivity contribution >= 4 is 40.4 Å². The number of aryl methyl sites for hydroxylation is 1. The second-order valence-corrected chi connectivity index (χ2v) is 9.40. The number of nitrogens with zero attached hydrogens (tertiary/aromatic N) is 3. The topological polar surface area (TPSA) is 151 Å². The lowest BCUT2D eigenvalue weighted by Crippen LogP contribution is -2.32. The number of thioether (sulfide) groups is 1. The van der Waals surface area contributed by atoms with Crippen molar-refractivity contribution in [2.75, 3.05) is 19.8 Å². The van der Waals surface area contributed by atoms with Gasteiger partial charge < -0.3 is 14.2 Å². The van der Waals surface area contributed by atoms with Crippen LogP contribution in [-0.2, 0) is 4.79 Å². The lowest BCUT2D eigenvalue weighted by molar-refractivity contribution is -0.394. The minimum Gasteiger partial charge on any atom is -0.492 e. The molecule has 4 rings (SSSR count). The van der Waals surface area contributed by atoms with Crippen LogP contribution in [0.3, 0.4) is 0 Å². The minimum atomic E-state index is -0.779. The van der Waals surface area contributed by atoms with Crippen LogP contribution >= 0.6 is 11.8 Å². The maximum atomic E-state index is 12.9. The molecule has 3 aromatic rings. The summed E-state index contributed by atoms with van der Waals surface area (Å²) in [4.78, 5) is 47.7. The first-order chi connectivity index (χ1) is 19.2. The van der Waals surface area contributed by atoms with Crippen molar-refractivity contribution in [2.45, 2.75) is 13.8 Å². The van der Waals surface area contributed by atoms with E-state index in [4.69, 9.17) is 14.2 Å². The molecular weight excluding hydrogens is 542 g/mol. The van der Waals surface area contributed by atoms with E-state index in [9.17, 15) is 29.8 Å². The molecule has 1 heterocycles. The van der Waals surface area contributed by atoms with Crippen molar-refractivity contribution in [3.05, 3.63) is 96.9 Å². The number of nitro benzene ring substituents is 2. The summed E-state index contributed by atoms with van der Waals surface area (Å²) in [6, 6.07) is 15.1. The highest BCUT2D eigenvalue weighted by atomic mass is 32.2. The van der Waals surface area contributed by atoms with E-state index in [2.05, 4.69) is 0 Å². The van der Waals surface area contributed by atoms with Crippen LogP contribution in [0.2, 0.25) is 0 Å². The Bertz CT molecular complexity index is 1520. The molecule has 40 heavy (non-hydrogen) atoms. The summed E-state index contributed by atoms with van der Waals surface area (Å²) in [6.07, 6.45) is 1.53. The van der Waals surface area contributed by atoms with Crippen molar-refractivity contribution in [1.82, 2.24) is 4.90 Å². The molecule has 1 aliphatic rings. The van der Waals surface area contributed by atoms with Gasteiger partial charge in [-0.3, -0.25) is 34.7 Å². The number of hydrogen-bond acceptors (Lipinski definition) is 10. The van der Waals surface area contributed by atoms with Crippen LogP contribution in [0.1, 0.15) is 18.1 Å². The lowest BCUT2D eigenvalue weighted by Gasteiger charge is -2.13. The van der Waals surface area contributed by atoms with Crippen LogP contribution in [0.25, 0.3) is 6.08 Å². The third-order valence-corrected chi connectivity index (χ3v) is 6.49. The number of rotatable bonds is 11. The molecule has 206 valence electrons. The van der Waals surface area contributed by atoms with E-state index in [1.807, 2.05) is 25.1 Å². The van der Waals surface area contributed by atoms with E-state index < -0.39 is 32.4 Å². The average molecular weight is 566 g/mol. The fraction of sp³-hybridized carbons (Fsp3) is 0.185. The summed E-state index contributed by atoms with van der Waals surface area (Å²) < 4.78 is 17.0. The average Bonchev–Trinajstić information content (AvgIpc) is 3.17. The minimum absolute atomic E-state index is 0.0843. The monoisotopic (exact) mass is 565 g/mol. The lowest BCUT2D eigenvalue weighted by atomic mass is 10.1. The summed E-state index contributed by atoms with van der Waals surface area (Å²) in [6.45, 7) is 4.13. The van der Waals surface area contributed by atoms with Gasteiger partial charge in [0.1, 0.15) is 12.4 Å². The predicted molar refractivity (Wildman–Crippen MR) is 147 cm³/mol. The van der Waals surface area contributed by atoms with E-state index in [-0.39, 0.29) is 41.9 Å². The number of non-ortho nitro benzene ring substituents is 1. The molecule has 0 radical (unpaired) electrons. The largest absolute Gasteiger partial charge is 0.492 e. The standard InChI is InChI=1S/C27H23N3O9S/c1-3-37-24-14-18(7-9-23(24)39-22-10-8-19(29(33)34)16-21(22)30(35)36)15-25-26(31)28(27(32)40-25)11-12-38-20-6-4-5-17(2)13-20/h4-10,13-16H,3,11-12H2,1-2H3/b25-15-. The Hall–Kier alpha value is -4.91. The number of nitro groups is 2. The van der Waals surface area contributed by atoms with E-state index in [1.54, 1.807) is 25.1 Å². The molecule has 0 N–H and O–H groups in total. The van der Waals surface area contributed by atoms with Crippen LogP contribution in [0.15, 0.2) is 65.6 Å². The summed E-state index contributed by atoms with van der Waals surface area (Å²) >= 11 is 0.801. The Labute approximate surface area is 232 Å². The summed E-state index contributed by atoms with van der Waals surface area (Å²) in [5.41, 5.74) is 0.520. The Morgan fingerprint density at radius 1 is 0.925 bits per heavy atom. The van der Waals surface area contributed by atoms with Gasteiger partial charge in [0, 0.05) is 6.07 Å². The number of carbonyl (C=O) groups excluding carboxylic acids is 2. The van der Waals surface area contributed by atoms with Crippen LogP contribution in [0, 0.1) is 27.2 Å². The highest BCUT2D eigenvalue weighted by Gasteiger charge is 2.35. The van der Waals surface area contributed by atoms with E-state index in [1.165, 1.54) is 12.1 Å². The van der Waals surface area contributed by atoms with Gasteiger partial charge in [0.2, 0.25) is 5.75 Å². The van der Waals surface area contributed by atoms with Gasteiger partial charge in [-0.15, -0.1) is 0 Å². The fourth-order valence-corrected chi connectivity index (χ4v) is 4.60. The molecular formula is C27H23N3O9S. The predicted octanol–water partition coefficient (Wildman–Crippen LogP) is 6.12. The second kappa shape index (κ2) is 12.3. The van der Waals surface area contributed by atoms with Crippen LogP contribution in [0.5, 0.6) is 23.0 Å². The third kappa shape index (κ3) is 6.56. The molecule has 1 aliphatic heterocycles. The van der Waals surface area contributed by atoms with Crippen molar-refractivity contribution in [2.24, 2.45) is 0 Å². The Morgan fingerprint density at radius 2 is 1.70 bits per heavy atom. The first-order valence-electron chi connectivity index (χ1n) is 12.0. The van der Waals surface area contributed by atoms with Gasteiger partial charge in [0.05, 0.1) is 34.0 Å². The molecule has 1 fully saturated rings. The Kier molecular flexibility index (Phi) is 8.64. The van der Waals surface area contributed by atoms with Crippen LogP contribution in [-0.4, -0.2) is 45.7 Å². The van der Waals surface area contributed by atoms with Gasteiger partial charge in [0.15, 0.2) is 11.5 Å².